The summed E-state index contributed by atoms with van der Waals surface area (Å²) in [5.74, 6) is 1.90. The maximum absolute atomic E-state index is 5.45. The Morgan fingerprint density at radius 2 is 2.11 bits per heavy atom. The highest BCUT2D eigenvalue weighted by Crippen LogP contribution is 2.26. The number of nitrogens with zero attached hydrogens (tertiary/aromatic N) is 4. The summed E-state index contributed by atoms with van der Waals surface area (Å²) in [5, 5.41) is 0. The molecule has 0 spiro atoms. The molecule has 0 fully saturated rings. The summed E-state index contributed by atoms with van der Waals surface area (Å²) in [6.45, 7) is 5.15. The Labute approximate surface area is 112 Å². The largest absolute Gasteiger partial charge is 0.482 e. The van der Waals surface area contributed by atoms with Crippen molar-refractivity contribution < 1.29 is 9.47 Å². The fourth-order valence-electron chi connectivity index (χ4n) is 2.53. The van der Waals surface area contributed by atoms with Crippen molar-refractivity contribution in [3.8, 4) is 11.8 Å². The normalized spacial score (nSPS) is 15.5. The maximum Gasteiger partial charge on any atom is 0.240 e. The maximum atomic E-state index is 5.45. The van der Waals surface area contributed by atoms with Crippen LogP contribution in [0.2, 0.25) is 0 Å². The molecule has 6 heteroatoms. The van der Waals surface area contributed by atoms with Crippen LogP contribution in [0.5, 0.6) is 11.8 Å². The van der Waals surface area contributed by atoms with E-state index in [9.17, 15) is 0 Å². The van der Waals surface area contributed by atoms with Gasteiger partial charge in [-0.3, -0.25) is 4.90 Å². The standard InChI is InChI=1S/C13H18N4O2/c1-4-16-6-5-9-10(8-16)17-12(19-3)7-11(18-2)15-13(17)14-9/h7H,4-6,8H2,1-3H3. The Morgan fingerprint density at radius 3 is 2.79 bits per heavy atom. The van der Waals surface area contributed by atoms with Gasteiger partial charge in [-0.2, -0.15) is 4.98 Å². The van der Waals surface area contributed by atoms with E-state index in [4.69, 9.17) is 9.47 Å². The molecule has 0 radical (unpaired) electrons. The van der Waals surface area contributed by atoms with Crippen molar-refractivity contribution in [1.82, 2.24) is 19.3 Å². The first-order chi connectivity index (χ1) is 9.26. The summed E-state index contributed by atoms with van der Waals surface area (Å²) >= 11 is 0. The lowest BCUT2D eigenvalue weighted by molar-refractivity contribution is 0.260. The summed E-state index contributed by atoms with van der Waals surface area (Å²) in [6, 6.07) is 1.79. The molecule has 3 rings (SSSR count). The summed E-state index contributed by atoms with van der Waals surface area (Å²) < 4.78 is 12.6. The molecule has 0 N–H and O–H groups in total. The second-order valence-corrected chi connectivity index (χ2v) is 4.60. The van der Waals surface area contributed by atoms with E-state index in [1.54, 1.807) is 20.3 Å². The lowest BCUT2D eigenvalue weighted by Crippen LogP contribution is -2.30. The molecule has 0 unspecified atom stereocenters. The molecule has 19 heavy (non-hydrogen) atoms. The molecule has 1 aliphatic heterocycles. The molecular formula is C13H18N4O2. The van der Waals surface area contributed by atoms with E-state index in [2.05, 4.69) is 21.8 Å². The number of rotatable bonds is 3. The van der Waals surface area contributed by atoms with Crippen molar-refractivity contribution in [3.05, 3.63) is 17.5 Å². The molecular weight excluding hydrogens is 244 g/mol. The highest BCUT2D eigenvalue weighted by atomic mass is 16.5. The third kappa shape index (κ3) is 1.92. The minimum atomic E-state index is 0.527. The number of aromatic nitrogens is 3. The molecule has 0 saturated carbocycles. The van der Waals surface area contributed by atoms with Crippen LogP contribution in [0.4, 0.5) is 0 Å². The monoisotopic (exact) mass is 262 g/mol. The lowest BCUT2D eigenvalue weighted by atomic mass is 10.1. The summed E-state index contributed by atoms with van der Waals surface area (Å²) in [7, 11) is 3.25. The van der Waals surface area contributed by atoms with Crippen LogP contribution >= 0.6 is 0 Å². The number of likely N-dealkylation sites (N-methyl/N-ethyl adjacent to an activating group) is 1. The van der Waals surface area contributed by atoms with E-state index in [0.29, 0.717) is 17.5 Å². The Balaban J connectivity index is 2.19. The predicted octanol–water partition coefficient (Wildman–Crippen LogP) is 1.12. The van der Waals surface area contributed by atoms with E-state index in [0.717, 1.165) is 31.7 Å². The second kappa shape index (κ2) is 4.70. The van der Waals surface area contributed by atoms with Crippen LogP contribution in [0.3, 0.4) is 0 Å². The molecule has 0 aromatic carbocycles. The topological polar surface area (TPSA) is 51.9 Å². The summed E-state index contributed by atoms with van der Waals surface area (Å²) in [5.41, 5.74) is 2.29. The van der Waals surface area contributed by atoms with E-state index in [1.807, 2.05) is 4.40 Å². The van der Waals surface area contributed by atoms with Crippen molar-refractivity contribution in [2.45, 2.75) is 19.9 Å². The van der Waals surface area contributed by atoms with Crippen LogP contribution < -0.4 is 9.47 Å². The smallest absolute Gasteiger partial charge is 0.240 e. The fraction of sp³-hybridized carbons (Fsp3) is 0.538. The van der Waals surface area contributed by atoms with Crippen molar-refractivity contribution in [2.24, 2.45) is 0 Å². The number of methoxy groups -OCH3 is 2. The first kappa shape index (κ1) is 12.2. The number of ether oxygens (including phenoxy) is 2. The Hall–Kier alpha value is -1.82. The van der Waals surface area contributed by atoms with E-state index < -0.39 is 0 Å². The molecule has 0 amide bonds. The van der Waals surface area contributed by atoms with Gasteiger partial charge >= 0.3 is 0 Å². The number of hydrogen-bond donors (Lipinski definition) is 0. The lowest BCUT2D eigenvalue weighted by Gasteiger charge is -2.25. The van der Waals surface area contributed by atoms with Crippen LogP contribution in [0.15, 0.2) is 6.07 Å². The first-order valence-corrected chi connectivity index (χ1v) is 6.48. The van der Waals surface area contributed by atoms with Crippen molar-refractivity contribution >= 4 is 5.78 Å². The van der Waals surface area contributed by atoms with Crippen LogP contribution in [0.25, 0.3) is 5.78 Å². The Kier molecular flexibility index (Phi) is 3.02. The van der Waals surface area contributed by atoms with Crippen LogP contribution in [0.1, 0.15) is 18.3 Å². The zero-order valence-electron chi connectivity index (χ0n) is 11.5. The summed E-state index contributed by atoms with van der Waals surface area (Å²) in [4.78, 5) is 11.4. The number of fused-ring (bicyclic) bond motifs is 3. The molecule has 0 saturated heterocycles. The highest BCUT2D eigenvalue weighted by Gasteiger charge is 2.23. The Morgan fingerprint density at radius 1 is 1.26 bits per heavy atom. The van der Waals surface area contributed by atoms with Gasteiger partial charge in [0, 0.05) is 19.5 Å². The average molecular weight is 262 g/mol. The van der Waals surface area contributed by atoms with Crippen LogP contribution in [-0.4, -0.2) is 46.6 Å². The second-order valence-electron chi connectivity index (χ2n) is 4.60. The van der Waals surface area contributed by atoms with Gasteiger partial charge in [0.05, 0.1) is 31.7 Å². The molecule has 2 aromatic rings. The zero-order valence-corrected chi connectivity index (χ0v) is 11.5. The molecule has 0 aliphatic carbocycles. The number of hydrogen-bond acceptors (Lipinski definition) is 5. The fourth-order valence-corrected chi connectivity index (χ4v) is 2.53. The average Bonchev–Trinajstić information content (AvgIpc) is 2.83. The minimum Gasteiger partial charge on any atom is -0.482 e. The first-order valence-electron chi connectivity index (χ1n) is 6.48. The van der Waals surface area contributed by atoms with Crippen molar-refractivity contribution in [1.29, 1.82) is 0 Å². The van der Waals surface area contributed by atoms with Gasteiger partial charge < -0.3 is 9.47 Å². The van der Waals surface area contributed by atoms with Gasteiger partial charge in [0.25, 0.3) is 0 Å². The van der Waals surface area contributed by atoms with Gasteiger partial charge in [0.1, 0.15) is 0 Å². The van der Waals surface area contributed by atoms with Gasteiger partial charge in [0.2, 0.25) is 17.5 Å². The molecule has 102 valence electrons. The van der Waals surface area contributed by atoms with Gasteiger partial charge in [-0.25, -0.2) is 9.38 Å². The van der Waals surface area contributed by atoms with Crippen molar-refractivity contribution in [2.75, 3.05) is 27.3 Å². The highest BCUT2D eigenvalue weighted by molar-refractivity contribution is 5.44. The zero-order chi connectivity index (χ0) is 13.4. The third-order valence-corrected chi connectivity index (χ3v) is 3.62. The van der Waals surface area contributed by atoms with Gasteiger partial charge in [-0.1, -0.05) is 6.92 Å². The van der Waals surface area contributed by atoms with Crippen molar-refractivity contribution in [3.63, 3.8) is 0 Å². The van der Waals surface area contributed by atoms with E-state index in [-0.39, 0.29) is 0 Å². The molecule has 1 aliphatic rings. The van der Waals surface area contributed by atoms with E-state index >= 15 is 0 Å². The Bertz CT molecular complexity index is 608. The summed E-state index contributed by atoms with van der Waals surface area (Å²) in [6.07, 6.45) is 0.956. The number of imidazole rings is 1. The molecule has 0 bridgehead atoms. The van der Waals surface area contributed by atoms with Crippen LogP contribution in [0, 0.1) is 0 Å². The van der Waals surface area contributed by atoms with Crippen LogP contribution in [-0.2, 0) is 13.0 Å². The predicted molar refractivity (Wildman–Crippen MR) is 70.7 cm³/mol. The molecule has 6 nitrogen and oxygen atoms in total. The van der Waals surface area contributed by atoms with Gasteiger partial charge in [-0.15, -0.1) is 0 Å². The quantitative estimate of drug-likeness (QED) is 0.830. The van der Waals surface area contributed by atoms with E-state index in [1.165, 1.54) is 5.69 Å². The third-order valence-electron chi connectivity index (χ3n) is 3.62. The molecule has 2 aromatic heterocycles. The van der Waals surface area contributed by atoms with Gasteiger partial charge in [0.15, 0.2) is 0 Å². The SMILES string of the molecule is CCN1CCc2nc3nc(OC)cc(OC)n3c2C1. The van der Waals surface area contributed by atoms with Gasteiger partial charge in [-0.05, 0) is 6.54 Å². The minimum absolute atomic E-state index is 0.527. The molecule has 0 atom stereocenters. The molecule has 3 heterocycles.